The molecule has 0 spiro atoms. The largest absolute Gasteiger partial charge is 0.508 e. The highest BCUT2D eigenvalue weighted by molar-refractivity contribution is 6.13. The third kappa shape index (κ3) is 6.63. The summed E-state index contributed by atoms with van der Waals surface area (Å²) in [4.78, 5) is 39.2. The predicted molar refractivity (Wildman–Crippen MR) is 163 cm³/mol. The van der Waals surface area contributed by atoms with E-state index in [2.05, 4.69) is 0 Å². The summed E-state index contributed by atoms with van der Waals surface area (Å²) in [6.07, 6.45) is -9.85. The Bertz CT molecular complexity index is 1950. The van der Waals surface area contributed by atoms with E-state index in [9.17, 15) is 70.6 Å². The molecule has 5 rings (SSSR count). The molecule has 0 saturated carbocycles. The fourth-order valence-corrected chi connectivity index (χ4v) is 5.16. The highest BCUT2D eigenvalue weighted by Crippen LogP contribution is 2.47. The van der Waals surface area contributed by atoms with Crippen LogP contribution in [0.3, 0.4) is 0 Å². The molecule has 4 aromatic carbocycles. The average molecular weight is 697 g/mol. The van der Waals surface area contributed by atoms with E-state index in [0.717, 1.165) is 54.6 Å². The average Bonchev–Trinajstić information content (AvgIpc) is 3.06. The zero-order valence-corrected chi connectivity index (χ0v) is 25.2. The summed E-state index contributed by atoms with van der Waals surface area (Å²) in [5.41, 5.74) is -2.60. The highest BCUT2D eigenvalue weighted by atomic mass is 16.6. The summed E-state index contributed by atoms with van der Waals surface area (Å²) in [6, 6.07) is 9.53. The summed E-state index contributed by atoms with van der Waals surface area (Å²) in [6.45, 7) is -0.896. The van der Waals surface area contributed by atoms with Crippen molar-refractivity contribution in [3.05, 3.63) is 88.5 Å². The number of ketones is 1. The summed E-state index contributed by atoms with van der Waals surface area (Å²) >= 11 is 0. The van der Waals surface area contributed by atoms with Gasteiger partial charge in [-0.25, -0.2) is 9.59 Å². The van der Waals surface area contributed by atoms with Crippen LogP contribution in [-0.4, -0.2) is 105 Å². The first kappa shape index (κ1) is 34.9. The highest BCUT2D eigenvalue weighted by Gasteiger charge is 2.50. The van der Waals surface area contributed by atoms with Gasteiger partial charge >= 0.3 is 11.9 Å². The number of aromatic hydroxyl groups is 9. The molecule has 4 aromatic rings. The minimum absolute atomic E-state index is 0.165. The van der Waals surface area contributed by atoms with Gasteiger partial charge < -0.3 is 70.4 Å². The van der Waals surface area contributed by atoms with Gasteiger partial charge in [-0.1, -0.05) is 0 Å². The molecule has 17 nitrogen and oxygen atoms in total. The Kier molecular flexibility index (Phi) is 9.48. The third-order valence-corrected chi connectivity index (χ3v) is 7.76. The Morgan fingerprint density at radius 2 is 1.20 bits per heavy atom. The maximum Gasteiger partial charge on any atom is 0.338 e. The van der Waals surface area contributed by atoms with Gasteiger partial charge in [-0.2, -0.15) is 0 Å². The number of carbonyl (C=O) groups excluding carboxylic acids is 3. The van der Waals surface area contributed by atoms with Gasteiger partial charge in [0.15, 0.2) is 34.9 Å². The number of phenolic OH excluding ortho intramolecular Hbond substituents is 9. The van der Waals surface area contributed by atoms with E-state index < -0.39 is 118 Å². The summed E-state index contributed by atoms with van der Waals surface area (Å²) < 4.78 is 16.4. The van der Waals surface area contributed by atoms with E-state index in [-0.39, 0.29) is 16.9 Å². The number of ether oxygens (including phenoxy) is 3. The number of rotatable bonds is 8. The number of hydrogen-bond donors (Lipinski definition) is 11. The molecule has 0 amide bonds. The van der Waals surface area contributed by atoms with Crippen molar-refractivity contribution in [3.63, 3.8) is 0 Å². The molecule has 0 radical (unpaired) electrons. The van der Waals surface area contributed by atoms with Gasteiger partial charge in [0, 0.05) is 11.6 Å². The van der Waals surface area contributed by atoms with E-state index in [0.29, 0.717) is 6.07 Å². The molecule has 17 heteroatoms. The molecule has 0 bridgehead atoms. The van der Waals surface area contributed by atoms with Crippen LogP contribution in [0.2, 0.25) is 0 Å². The van der Waals surface area contributed by atoms with E-state index in [1.165, 1.54) is 0 Å². The van der Waals surface area contributed by atoms with Gasteiger partial charge in [-0.3, -0.25) is 4.79 Å². The molecule has 1 aliphatic heterocycles. The number of aliphatic hydroxyl groups excluding tert-OH is 2. The number of carbonyl (C=O) groups is 3. The van der Waals surface area contributed by atoms with E-state index in [1.807, 2.05) is 0 Å². The van der Waals surface area contributed by atoms with E-state index >= 15 is 0 Å². The monoisotopic (exact) mass is 696 g/mol. The first-order chi connectivity index (χ1) is 23.6. The molecule has 1 fully saturated rings. The molecular formula is C33H28O17. The summed E-state index contributed by atoms with van der Waals surface area (Å²) in [5, 5.41) is 113. The Morgan fingerprint density at radius 1 is 0.600 bits per heavy atom. The number of phenols is 9. The van der Waals surface area contributed by atoms with Gasteiger partial charge in [0.1, 0.15) is 59.6 Å². The molecule has 1 heterocycles. The molecule has 0 aromatic heterocycles. The number of benzene rings is 4. The number of esters is 2. The summed E-state index contributed by atoms with van der Waals surface area (Å²) in [5.74, 6) is -10.8. The standard InChI is InChI=1S/C33H28O17/c34-15-4-1-12(2-5-15)33(47)50-31-29(45)27(43)22(11-48-32(46)14-8-20(39)26(42)21(40)9-14)49-30(31)24-19(38)10-18(37)23(28(24)44)25(41)13-3-6-16(35)17(36)7-13/h1-10,22,27,29-31,34-40,42-45H,11H2. The van der Waals surface area contributed by atoms with Crippen molar-refractivity contribution >= 4 is 17.7 Å². The zero-order valence-electron chi connectivity index (χ0n) is 25.2. The van der Waals surface area contributed by atoms with Gasteiger partial charge in [0.05, 0.1) is 16.7 Å². The lowest BCUT2D eigenvalue weighted by molar-refractivity contribution is -0.232. The maximum atomic E-state index is 13.4. The topological polar surface area (TPSA) is 301 Å². The molecule has 5 unspecified atom stereocenters. The minimum atomic E-state index is -2.12. The van der Waals surface area contributed by atoms with Crippen molar-refractivity contribution in [2.24, 2.45) is 0 Å². The molecular weight excluding hydrogens is 668 g/mol. The lowest BCUT2D eigenvalue weighted by Gasteiger charge is -2.42. The van der Waals surface area contributed by atoms with Gasteiger partial charge in [-0.15, -0.1) is 0 Å². The lowest BCUT2D eigenvalue weighted by Crippen LogP contribution is -2.57. The van der Waals surface area contributed by atoms with Crippen LogP contribution in [0.1, 0.15) is 48.3 Å². The van der Waals surface area contributed by atoms with Crippen molar-refractivity contribution in [1.29, 1.82) is 0 Å². The Hall–Kier alpha value is -6.43. The van der Waals surface area contributed by atoms with Crippen LogP contribution in [0.5, 0.6) is 51.7 Å². The molecule has 0 aliphatic carbocycles. The fraction of sp³-hybridized carbons (Fsp3) is 0.182. The summed E-state index contributed by atoms with van der Waals surface area (Å²) in [7, 11) is 0. The molecule has 262 valence electrons. The number of hydrogen-bond acceptors (Lipinski definition) is 17. The Labute approximate surface area is 279 Å². The normalized spacial score (nSPS) is 20.2. The smallest absolute Gasteiger partial charge is 0.338 e. The van der Waals surface area contributed by atoms with Crippen molar-refractivity contribution < 1.29 is 84.8 Å². The Morgan fingerprint density at radius 3 is 1.82 bits per heavy atom. The molecule has 11 N–H and O–H groups in total. The molecule has 1 saturated heterocycles. The maximum absolute atomic E-state index is 13.4. The van der Waals surface area contributed by atoms with Crippen LogP contribution < -0.4 is 0 Å². The Balaban J connectivity index is 1.54. The second-order valence-corrected chi connectivity index (χ2v) is 11.0. The predicted octanol–water partition coefficient (Wildman–Crippen LogP) is 1.51. The van der Waals surface area contributed by atoms with Crippen molar-refractivity contribution in [3.8, 4) is 51.7 Å². The second kappa shape index (κ2) is 13.6. The van der Waals surface area contributed by atoms with Crippen LogP contribution in [0.4, 0.5) is 0 Å². The minimum Gasteiger partial charge on any atom is -0.508 e. The van der Waals surface area contributed by atoms with Crippen LogP contribution in [0.15, 0.2) is 60.7 Å². The first-order valence-corrected chi connectivity index (χ1v) is 14.4. The quantitative estimate of drug-likeness (QED) is 0.0706. The van der Waals surface area contributed by atoms with Crippen molar-refractivity contribution in [2.45, 2.75) is 30.5 Å². The van der Waals surface area contributed by atoms with E-state index in [4.69, 9.17) is 14.2 Å². The third-order valence-electron chi connectivity index (χ3n) is 7.76. The molecule has 1 aliphatic rings. The van der Waals surface area contributed by atoms with Crippen LogP contribution in [-0.2, 0) is 14.2 Å². The lowest BCUT2D eigenvalue weighted by atomic mass is 9.88. The van der Waals surface area contributed by atoms with E-state index in [1.54, 1.807) is 0 Å². The van der Waals surface area contributed by atoms with Gasteiger partial charge in [0.2, 0.25) is 5.78 Å². The first-order valence-electron chi connectivity index (χ1n) is 14.4. The van der Waals surface area contributed by atoms with Crippen LogP contribution >= 0.6 is 0 Å². The SMILES string of the molecule is O=C(OCC1OC(c2c(O)cc(O)c(C(=O)c3ccc(O)c(O)c3)c2O)C(OC(=O)c2ccc(O)cc2)C(O)C1O)c1cc(O)c(O)c(O)c1. The van der Waals surface area contributed by atoms with Crippen molar-refractivity contribution in [1.82, 2.24) is 0 Å². The van der Waals surface area contributed by atoms with Crippen molar-refractivity contribution in [2.75, 3.05) is 6.61 Å². The second-order valence-electron chi connectivity index (χ2n) is 11.0. The van der Waals surface area contributed by atoms with Gasteiger partial charge in [0.25, 0.3) is 0 Å². The fourth-order valence-electron chi connectivity index (χ4n) is 5.16. The molecule has 5 atom stereocenters. The zero-order chi connectivity index (χ0) is 36.6. The van der Waals surface area contributed by atoms with Crippen LogP contribution in [0, 0.1) is 0 Å². The van der Waals surface area contributed by atoms with Gasteiger partial charge in [-0.05, 0) is 54.6 Å². The number of aliphatic hydroxyl groups is 2. The van der Waals surface area contributed by atoms with Crippen LogP contribution in [0.25, 0.3) is 0 Å². The molecule has 50 heavy (non-hydrogen) atoms.